The summed E-state index contributed by atoms with van der Waals surface area (Å²) in [4.78, 5) is 16.4. The van der Waals surface area contributed by atoms with Crippen molar-refractivity contribution in [3.8, 4) is 5.69 Å². The number of aliphatic hydroxyl groups excluding tert-OH is 1. The highest BCUT2D eigenvalue weighted by Gasteiger charge is 2.13. The number of nitrogens with one attached hydrogen (secondary N) is 1. The van der Waals surface area contributed by atoms with Crippen LogP contribution in [0.1, 0.15) is 23.9 Å². The number of hydrogen-bond donors (Lipinski definition) is 2. The van der Waals surface area contributed by atoms with Crippen LogP contribution in [0.5, 0.6) is 0 Å². The molecule has 2 aromatic carbocycles. The number of amides is 1. The molecule has 2 N–H and O–H groups in total. The van der Waals surface area contributed by atoms with Gasteiger partial charge in [-0.1, -0.05) is 24.3 Å². The molecule has 130 valence electrons. The summed E-state index contributed by atoms with van der Waals surface area (Å²) < 4.78 is 2.08. The maximum absolute atomic E-state index is 11.7. The van der Waals surface area contributed by atoms with Crippen LogP contribution < -0.4 is 5.32 Å². The van der Waals surface area contributed by atoms with Crippen molar-refractivity contribution >= 4 is 16.9 Å². The molecule has 0 fully saturated rings. The summed E-state index contributed by atoms with van der Waals surface area (Å²) in [6, 6.07) is 14.0. The lowest BCUT2D eigenvalue weighted by Gasteiger charge is -2.10. The fraction of sp³-hybridized carbons (Fsp3) is 0.300. The number of rotatable bonds is 6. The monoisotopic (exact) mass is 337 g/mol. The molecular formula is C20H23N3O2. The van der Waals surface area contributed by atoms with E-state index in [0.29, 0.717) is 19.4 Å². The molecule has 0 atom stereocenters. The Hall–Kier alpha value is -2.66. The van der Waals surface area contributed by atoms with E-state index < -0.39 is 0 Å². The van der Waals surface area contributed by atoms with Gasteiger partial charge in [-0.05, 0) is 43.2 Å². The largest absolute Gasteiger partial charge is 0.396 e. The van der Waals surface area contributed by atoms with Gasteiger partial charge in [0.1, 0.15) is 5.82 Å². The van der Waals surface area contributed by atoms with Crippen molar-refractivity contribution in [2.24, 2.45) is 0 Å². The summed E-state index contributed by atoms with van der Waals surface area (Å²) in [6.45, 7) is 4.65. The molecule has 0 unspecified atom stereocenters. The van der Waals surface area contributed by atoms with Gasteiger partial charge in [-0.25, -0.2) is 4.98 Å². The lowest BCUT2D eigenvalue weighted by Crippen LogP contribution is -2.24. The van der Waals surface area contributed by atoms with Crippen LogP contribution in [0, 0.1) is 6.92 Å². The van der Waals surface area contributed by atoms with Gasteiger partial charge in [0.15, 0.2) is 0 Å². The highest BCUT2D eigenvalue weighted by atomic mass is 16.3. The lowest BCUT2D eigenvalue weighted by molar-refractivity contribution is -0.120. The van der Waals surface area contributed by atoms with Crippen LogP contribution in [-0.2, 0) is 17.6 Å². The van der Waals surface area contributed by atoms with Crippen LogP contribution in [0.3, 0.4) is 0 Å². The number of benzene rings is 2. The van der Waals surface area contributed by atoms with Crippen LogP contribution in [0.25, 0.3) is 16.7 Å². The number of para-hydroxylation sites is 1. The van der Waals surface area contributed by atoms with E-state index in [1.54, 1.807) is 0 Å². The van der Waals surface area contributed by atoms with Gasteiger partial charge in [0, 0.05) is 18.7 Å². The summed E-state index contributed by atoms with van der Waals surface area (Å²) >= 11 is 0. The van der Waals surface area contributed by atoms with Gasteiger partial charge in [0.25, 0.3) is 0 Å². The van der Waals surface area contributed by atoms with Crippen molar-refractivity contribution in [3.63, 3.8) is 0 Å². The molecule has 5 heteroatoms. The van der Waals surface area contributed by atoms with E-state index in [0.717, 1.165) is 33.7 Å². The molecule has 0 saturated carbocycles. The van der Waals surface area contributed by atoms with Gasteiger partial charge in [-0.15, -0.1) is 0 Å². The molecule has 0 radical (unpaired) electrons. The van der Waals surface area contributed by atoms with Crippen molar-refractivity contribution in [1.82, 2.24) is 14.9 Å². The highest BCUT2D eigenvalue weighted by molar-refractivity contribution is 5.81. The molecule has 0 aliphatic heterocycles. The van der Waals surface area contributed by atoms with E-state index in [2.05, 4.69) is 9.88 Å². The van der Waals surface area contributed by atoms with Crippen molar-refractivity contribution < 1.29 is 9.90 Å². The zero-order valence-corrected chi connectivity index (χ0v) is 14.6. The number of imidazole rings is 1. The first-order chi connectivity index (χ1) is 12.1. The fourth-order valence-corrected chi connectivity index (χ4v) is 3.05. The number of hydrogen-bond acceptors (Lipinski definition) is 3. The summed E-state index contributed by atoms with van der Waals surface area (Å²) in [7, 11) is 0. The van der Waals surface area contributed by atoms with E-state index in [9.17, 15) is 9.90 Å². The molecular weight excluding hydrogens is 314 g/mol. The maximum Gasteiger partial charge on any atom is 0.224 e. The number of aryl methyl sites for hydroxylation is 1. The third kappa shape index (κ3) is 3.56. The summed E-state index contributed by atoms with van der Waals surface area (Å²) in [6.07, 6.45) is 0.871. The lowest BCUT2D eigenvalue weighted by atomic mass is 10.1. The van der Waals surface area contributed by atoms with Gasteiger partial charge in [-0.2, -0.15) is 0 Å². The summed E-state index contributed by atoms with van der Waals surface area (Å²) in [5.74, 6) is 0.864. The fourth-order valence-electron chi connectivity index (χ4n) is 3.05. The average molecular weight is 337 g/mol. The van der Waals surface area contributed by atoms with Crippen LogP contribution in [0.15, 0.2) is 42.5 Å². The normalized spacial score (nSPS) is 11.0. The minimum Gasteiger partial charge on any atom is -0.396 e. The molecule has 5 nitrogen and oxygen atoms in total. The maximum atomic E-state index is 11.7. The number of aliphatic hydroxyl groups is 1. The van der Waals surface area contributed by atoms with Crippen LogP contribution >= 0.6 is 0 Å². The van der Waals surface area contributed by atoms with Crippen LogP contribution in [0.2, 0.25) is 0 Å². The minimum atomic E-state index is 0.0277. The molecule has 1 amide bonds. The first kappa shape index (κ1) is 17.2. The van der Waals surface area contributed by atoms with E-state index in [1.165, 1.54) is 0 Å². The molecule has 0 aliphatic carbocycles. The molecule has 3 rings (SSSR count). The van der Waals surface area contributed by atoms with Gasteiger partial charge >= 0.3 is 0 Å². The molecule has 1 heterocycles. The number of aromatic nitrogens is 2. The molecule has 0 saturated heterocycles. The zero-order valence-electron chi connectivity index (χ0n) is 14.6. The Morgan fingerprint density at radius 1 is 1.20 bits per heavy atom. The Morgan fingerprint density at radius 3 is 2.64 bits per heavy atom. The zero-order chi connectivity index (χ0) is 17.8. The Bertz CT molecular complexity index is 882. The van der Waals surface area contributed by atoms with Crippen molar-refractivity contribution in [1.29, 1.82) is 0 Å². The third-order valence-corrected chi connectivity index (χ3v) is 4.22. The molecule has 0 aliphatic rings. The quantitative estimate of drug-likeness (QED) is 0.726. The summed E-state index contributed by atoms with van der Waals surface area (Å²) in [5.41, 5.74) is 5.05. The molecule has 1 aromatic heterocycles. The Labute approximate surface area is 147 Å². The van der Waals surface area contributed by atoms with Crippen molar-refractivity contribution in [2.45, 2.75) is 26.7 Å². The third-order valence-electron chi connectivity index (χ3n) is 4.22. The number of nitrogens with zero attached hydrogens (tertiary/aromatic N) is 2. The Morgan fingerprint density at radius 2 is 1.96 bits per heavy atom. The highest BCUT2D eigenvalue weighted by Crippen LogP contribution is 2.24. The van der Waals surface area contributed by atoms with Crippen LogP contribution in [0.4, 0.5) is 0 Å². The average Bonchev–Trinajstić information content (AvgIpc) is 2.96. The SMILES string of the molecule is CCNC(=O)Cc1ccc(-n2c(CCO)nc3c(C)cccc32)cc1. The predicted octanol–water partition coefficient (Wildman–Crippen LogP) is 2.55. The topological polar surface area (TPSA) is 67.2 Å². The van der Waals surface area contributed by atoms with E-state index in [4.69, 9.17) is 4.98 Å². The number of likely N-dealkylation sites (N-methyl/N-ethyl adjacent to an activating group) is 1. The Balaban J connectivity index is 1.99. The smallest absolute Gasteiger partial charge is 0.224 e. The van der Waals surface area contributed by atoms with Gasteiger partial charge in [-0.3, -0.25) is 9.36 Å². The van der Waals surface area contributed by atoms with Crippen LogP contribution in [-0.4, -0.2) is 33.7 Å². The second kappa shape index (κ2) is 7.49. The van der Waals surface area contributed by atoms with Gasteiger partial charge in [0.2, 0.25) is 5.91 Å². The molecule has 0 spiro atoms. The summed E-state index contributed by atoms with van der Waals surface area (Å²) in [5, 5.41) is 12.2. The van der Waals surface area contributed by atoms with Gasteiger partial charge < -0.3 is 10.4 Å². The second-order valence-corrected chi connectivity index (χ2v) is 6.08. The molecule has 0 bridgehead atoms. The van der Waals surface area contributed by atoms with E-state index in [1.807, 2.05) is 56.3 Å². The number of carbonyl (C=O) groups excluding carboxylic acids is 1. The standard InChI is InChI=1S/C20H23N3O2/c1-3-21-19(25)13-15-7-9-16(10-8-15)23-17-6-4-5-14(2)20(17)22-18(23)11-12-24/h4-10,24H,3,11-13H2,1-2H3,(H,21,25). The van der Waals surface area contributed by atoms with Gasteiger partial charge in [0.05, 0.1) is 24.1 Å². The van der Waals surface area contributed by atoms with Crippen molar-refractivity contribution in [2.75, 3.05) is 13.2 Å². The van der Waals surface area contributed by atoms with E-state index >= 15 is 0 Å². The first-order valence-corrected chi connectivity index (χ1v) is 8.58. The second-order valence-electron chi connectivity index (χ2n) is 6.08. The number of fused-ring (bicyclic) bond motifs is 1. The molecule has 25 heavy (non-hydrogen) atoms. The van der Waals surface area contributed by atoms with Crippen molar-refractivity contribution in [3.05, 3.63) is 59.4 Å². The first-order valence-electron chi connectivity index (χ1n) is 8.58. The Kier molecular flexibility index (Phi) is 5.14. The van der Waals surface area contributed by atoms with E-state index in [-0.39, 0.29) is 12.5 Å². The number of carbonyl (C=O) groups is 1. The molecule has 3 aromatic rings. The minimum absolute atomic E-state index is 0.0277. The predicted molar refractivity (Wildman–Crippen MR) is 99.0 cm³/mol.